The summed E-state index contributed by atoms with van der Waals surface area (Å²) in [6, 6.07) is 6.50. The zero-order valence-electron chi connectivity index (χ0n) is 12.7. The van der Waals surface area contributed by atoms with E-state index in [1.165, 1.54) is 42.5 Å². The van der Waals surface area contributed by atoms with Crippen LogP contribution in [0.2, 0.25) is 0 Å². The molecule has 0 aliphatic heterocycles. The Bertz CT molecular complexity index is 428. The van der Waals surface area contributed by atoms with E-state index < -0.39 is 0 Å². The van der Waals surface area contributed by atoms with Crippen molar-refractivity contribution in [2.45, 2.75) is 52.4 Å². The summed E-state index contributed by atoms with van der Waals surface area (Å²) in [6.45, 7) is 5.39. The first kappa shape index (κ1) is 15.3. The van der Waals surface area contributed by atoms with Crippen molar-refractivity contribution in [2.75, 3.05) is 11.9 Å². The minimum Gasteiger partial charge on any atom is -0.362 e. The number of aryl methyl sites for hydroxylation is 2. The van der Waals surface area contributed by atoms with Gasteiger partial charge in [-0.25, -0.2) is 0 Å². The average molecular weight is 290 g/mol. The van der Waals surface area contributed by atoms with Gasteiger partial charge >= 0.3 is 0 Å². The monoisotopic (exact) mass is 290 g/mol. The third kappa shape index (κ3) is 3.95. The van der Waals surface area contributed by atoms with E-state index in [4.69, 9.17) is 12.2 Å². The molecular formula is C17H26N2S. The highest BCUT2D eigenvalue weighted by Gasteiger charge is 2.15. The second kappa shape index (κ2) is 7.63. The van der Waals surface area contributed by atoms with E-state index in [0.717, 1.165) is 30.4 Å². The minimum absolute atomic E-state index is 0.771. The van der Waals surface area contributed by atoms with Crippen LogP contribution in [0.5, 0.6) is 0 Å². The van der Waals surface area contributed by atoms with Gasteiger partial charge in [-0.3, -0.25) is 0 Å². The molecule has 0 unspecified atom stereocenters. The largest absolute Gasteiger partial charge is 0.362 e. The molecule has 3 heteroatoms. The summed E-state index contributed by atoms with van der Waals surface area (Å²) >= 11 is 5.46. The Morgan fingerprint density at radius 3 is 2.30 bits per heavy atom. The number of benzene rings is 1. The van der Waals surface area contributed by atoms with E-state index in [0.29, 0.717) is 0 Å². The van der Waals surface area contributed by atoms with Crippen molar-refractivity contribution in [2.24, 2.45) is 5.92 Å². The topological polar surface area (TPSA) is 24.1 Å². The SMILES string of the molecule is CCc1cccc(CC)c1NC(=S)NCC1CCCC1. The van der Waals surface area contributed by atoms with Crippen LogP contribution in [0.1, 0.15) is 50.7 Å². The smallest absolute Gasteiger partial charge is 0.170 e. The zero-order valence-corrected chi connectivity index (χ0v) is 13.5. The molecule has 2 rings (SSSR count). The predicted molar refractivity (Wildman–Crippen MR) is 91.4 cm³/mol. The highest BCUT2D eigenvalue weighted by atomic mass is 32.1. The maximum atomic E-state index is 5.46. The molecule has 1 aliphatic carbocycles. The molecule has 110 valence electrons. The maximum Gasteiger partial charge on any atom is 0.170 e. The third-order valence-electron chi connectivity index (χ3n) is 4.26. The second-order valence-electron chi connectivity index (χ2n) is 5.64. The Morgan fingerprint density at radius 2 is 1.75 bits per heavy atom. The summed E-state index contributed by atoms with van der Waals surface area (Å²) in [5.74, 6) is 0.807. The van der Waals surface area contributed by atoms with Gasteiger partial charge in [-0.1, -0.05) is 44.9 Å². The van der Waals surface area contributed by atoms with Gasteiger partial charge in [0.05, 0.1) is 0 Å². The molecule has 1 fully saturated rings. The molecule has 0 radical (unpaired) electrons. The van der Waals surface area contributed by atoms with Gasteiger partial charge in [0.25, 0.3) is 0 Å². The average Bonchev–Trinajstić information content (AvgIpc) is 2.98. The fourth-order valence-corrected chi connectivity index (χ4v) is 3.20. The molecule has 0 spiro atoms. The molecule has 0 bridgehead atoms. The van der Waals surface area contributed by atoms with Crippen LogP contribution in [0, 0.1) is 5.92 Å². The van der Waals surface area contributed by atoms with Crippen molar-refractivity contribution in [1.82, 2.24) is 5.32 Å². The number of anilines is 1. The van der Waals surface area contributed by atoms with Gasteiger partial charge in [0, 0.05) is 12.2 Å². The molecule has 20 heavy (non-hydrogen) atoms. The molecule has 0 atom stereocenters. The van der Waals surface area contributed by atoms with E-state index in [1.807, 2.05) is 0 Å². The lowest BCUT2D eigenvalue weighted by molar-refractivity contribution is 0.537. The predicted octanol–water partition coefficient (Wildman–Crippen LogP) is 4.29. The molecule has 0 aromatic heterocycles. The second-order valence-corrected chi connectivity index (χ2v) is 6.05. The first-order valence-electron chi connectivity index (χ1n) is 7.90. The highest BCUT2D eigenvalue weighted by molar-refractivity contribution is 7.80. The van der Waals surface area contributed by atoms with Gasteiger partial charge in [0.15, 0.2) is 5.11 Å². The Hall–Kier alpha value is -1.09. The molecule has 0 saturated heterocycles. The van der Waals surface area contributed by atoms with Crippen LogP contribution in [0.25, 0.3) is 0 Å². The Morgan fingerprint density at radius 1 is 1.15 bits per heavy atom. The first-order chi connectivity index (χ1) is 9.74. The van der Waals surface area contributed by atoms with Crippen LogP contribution < -0.4 is 10.6 Å². The van der Waals surface area contributed by atoms with Crippen LogP contribution in [-0.2, 0) is 12.8 Å². The normalized spacial score (nSPS) is 15.3. The Labute approximate surface area is 128 Å². The fourth-order valence-electron chi connectivity index (χ4n) is 3.01. The first-order valence-corrected chi connectivity index (χ1v) is 8.31. The number of hydrogen-bond acceptors (Lipinski definition) is 1. The van der Waals surface area contributed by atoms with Crippen molar-refractivity contribution < 1.29 is 0 Å². The van der Waals surface area contributed by atoms with Gasteiger partial charge in [0.2, 0.25) is 0 Å². The number of rotatable bonds is 5. The Balaban J connectivity index is 1.95. The standard InChI is InChI=1S/C17H26N2S/c1-3-14-10-7-11-15(4-2)16(14)19-17(20)18-12-13-8-5-6-9-13/h7,10-11,13H,3-6,8-9,12H2,1-2H3,(H2,18,19,20). The van der Waals surface area contributed by atoms with Gasteiger partial charge in [-0.15, -0.1) is 0 Å². The highest BCUT2D eigenvalue weighted by Crippen LogP contribution is 2.24. The number of hydrogen-bond donors (Lipinski definition) is 2. The van der Waals surface area contributed by atoms with Crippen LogP contribution in [0.3, 0.4) is 0 Å². The van der Waals surface area contributed by atoms with Gasteiger partial charge in [-0.05, 0) is 54.9 Å². The van der Waals surface area contributed by atoms with Gasteiger partial charge < -0.3 is 10.6 Å². The lowest BCUT2D eigenvalue weighted by Crippen LogP contribution is -2.32. The minimum atomic E-state index is 0.771. The molecule has 1 aromatic rings. The van der Waals surface area contributed by atoms with Gasteiger partial charge in [-0.2, -0.15) is 0 Å². The van der Waals surface area contributed by atoms with Crippen LogP contribution in [0.15, 0.2) is 18.2 Å². The number of thiocarbonyl (C=S) groups is 1. The summed E-state index contributed by atoms with van der Waals surface area (Å²) < 4.78 is 0. The quantitative estimate of drug-likeness (QED) is 0.791. The van der Waals surface area contributed by atoms with Gasteiger partial charge in [0.1, 0.15) is 0 Å². The third-order valence-corrected chi connectivity index (χ3v) is 4.51. The lowest BCUT2D eigenvalue weighted by Gasteiger charge is -2.18. The van der Waals surface area contributed by atoms with E-state index in [-0.39, 0.29) is 0 Å². The maximum absolute atomic E-state index is 5.46. The summed E-state index contributed by atoms with van der Waals surface area (Å²) in [4.78, 5) is 0. The lowest BCUT2D eigenvalue weighted by atomic mass is 10.0. The molecule has 2 nitrogen and oxygen atoms in total. The van der Waals surface area contributed by atoms with Crippen molar-refractivity contribution >= 4 is 23.0 Å². The van der Waals surface area contributed by atoms with E-state index >= 15 is 0 Å². The van der Waals surface area contributed by atoms with E-state index in [1.54, 1.807) is 0 Å². The summed E-state index contributed by atoms with van der Waals surface area (Å²) in [5, 5.41) is 7.59. The van der Waals surface area contributed by atoms with Crippen LogP contribution in [0.4, 0.5) is 5.69 Å². The van der Waals surface area contributed by atoms with Crippen molar-refractivity contribution in [3.8, 4) is 0 Å². The van der Waals surface area contributed by atoms with Crippen LogP contribution >= 0.6 is 12.2 Å². The van der Waals surface area contributed by atoms with Crippen molar-refractivity contribution in [1.29, 1.82) is 0 Å². The number of nitrogens with one attached hydrogen (secondary N) is 2. The van der Waals surface area contributed by atoms with E-state index in [9.17, 15) is 0 Å². The molecule has 1 saturated carbocycles. The van der Waals surface area contributed by atoms with Crippen LogP contribution in [-0.4, -0.2) is 11.7 Å². The molecule has 0 heterocycles. The van der Waals surface area contributed by atoms with Crippen molar-refractivity contribution in [3.05, 3.63) is 29.3 Å². The molecule has 2 N–H and O–H groups in total. The number of para-hydroxylation sites is 1. The summed E-state index contributed by atoms with van der Waals surface area (Å²) in [7, 11) is 0. The summed E-state index contributed by atoms with van der Waals surface area (Å²) in [6.07, 6.45) is 7.52. The Kier molecular flexibility index (Phi) is 5.84. The molecular weight excluding hydrogens is 264 g/mol. The zero-order chi connectivity index (χ0) is 14.4. The molecule has 1 aliphatic rings. The summed E-state index contributed by atoms with van der Waals surface area (Å²) in [5.41, 5.74) is 3.89. The fraction of sp³-hybridized carbons (Fsp3) is 0.588. The van der Waals surface area contributed by atoms with Crippen molar-refractivity contribution in [3.63, 3.8) is 0 Å². The molecule has 1 aromatic carbocycles. The van der Waals surface area contributed by atoms with E-state index in [2.05, 4.69) is 42.7 Å². The molecule has 0 amide bonds.